The number of rotatable bonds is 3. The highest BCUT2D eigenvalue weighted by Crippen LogP contribution is 2.49. The normalized spacial score (nSPS) is 19.8. The summed E-state index contributed by atoms with van der Waals surface area (Å²) in [5, 5.41) is 9.54. The van der Waals surface area contributed by atoms with Gasteiger partial charge in [-0.25, -0.2) is 0 Å². The number of methoxy groups -OCH3 is 1. The van der Waals surface area contributed by atoms with Gasteiger partial charge in [0.25, 0.3) is 0 Å². The third-order valence-corrected chi connectivity index (χ3v) is 4.07. The van der Waals surface area contributed by atoms with Gasteiger partial charge in [0, 0.05) is 11.1 Å². The molecule has 0 amide bonds. The van der Waals surface area contributed by atoms with Crippen LogP contribution in [0.2, 0.25) is 0 Å². The zero-order chi connectivity index (χ0) is 13.5. The van der Waals surface area contributed by atoms with Crippen molar-refractivity contribution in [2.45, 2.75) is 31.3 Å². The van der Waals surface area contributed by atoms with Crippen LogP contribution in [0.4, 0.5) is 0 Å². The minimum Gasteiger partial charge on any atom is -0.496 e. The number of carboxylic acids is 1. The molecule has 1 saturated carbocycles. The maximum Gasteiger partial charge on any atom is 0.314 e. The van der Waals surface area contributed by atoms with Crippen LogP contribution in [0.25, 0.3) is 0 Å². The van der Waals surface area contributed by atoms with Gasteiger partial charge in [-0.3, -0.25) is 4.79 Å². The molecule has 1 aromatic rings. The van der Waals surface area contributed by atoms with Crippen LogP contribution in [0.3, 0.4) is 0 Å². The first-order valence-corrected chi connectivity index (χ1v) is 6.33. The second kappa shape index (κ2) is 4.42. The number of hydrogen-bond acceptors (Lipinski definition) is 4. The molecule has 0 saturated heterocycles. The molecule has 0 spiro atoms. The summed E-state index contributed by atoms with van der Waals surface area (Å²) in [5.41, 5.74) is 0.795. The highest BCUT2D eigenvalue weighted by atomic mass is 16.7. The van der Waals surface area contributed by atoms with Gasteiger partial charge in [0.1, 0.15) is 11.5 Å². The zero-order valence-electron chi connectivity index (χ0n) is 10.8. The number of aliphatic carboxylic acids is 1. The van der Waals surface area contributed by atoms with E-state index in [9.17, 15) is 9.90 Å². The van der Waals surface area contributed by atoms with E-state index in [1.54, 1.807) is 7.11 Å². The van der Waals surface area contributed by atoms with E-state index in [-0.39, 0.29) is 6.79 Å². The Morgan fingerprint density at radius 1 is 1.42 bits per heavy atom. The molecule has 2 aliphatic rings. The molecule has 1 N–H and O–H groups in total. The van der Waals surface area contributed by atoms with Crippen molar-refractivity contribution in [1.29, 1.82) is 0 Å². The summed E-state index contributed by atoms with van der Waals surface area (Å²) in [6.07, 6.45) is 2.22. The largest absolute Gasteiger partial charge is 0.496 e. The molecule has 1 heterocycles. The lowest BCUT2D eigenvalue weighted by Gasteiger charge is -2.39. The summed E-state index contributed by atoms with van der Waals surface area (Å²) < 4.78 is 16.0. The summed E-state index contributed by atoms with van der Waals surface area (Å²) in [5.74, 6) is 0.522. The fraction of sp³-hybridized carbons (Fsp3) is 0.500. The molecule has 1 aliphatic carbocycles. The van der Waals surface area contributed by atoms with Crippen LogP contribution in [0, 0.1) is 0 Å². The Hall–Kier alpha value is -1.75. The Kier molecular flexibility index (Phi) is 2.86. The molecule has 19 heavy (non-hydrogen) atoms. The molecule has 3 rings (SSSR count). The molecule has 5 heteroatoms. The smallest absolute Gasteiger partial charge is 0.314 e. The van der Waals surface area contributed by atoms with Crippen molar-refractivity contribution in [2.75, 3.05) is 13.9 Å². The van der Waals surface area contributed by atoms with E-state index < -0.39 is 11.4 Å². The lowest BCUT2D eigenvalue weighted by Crippen LogP contribution is -2.42. The molecule has 1 aliphatic heterocycles. The topological polar surface area (TPSA) is 65.0 Å². The van der Waals surface area contributed by atoms with Crippen LogP contribution in [-0.2, 0) is 21.6 Å². The molecule has 102 valence electrons. The van der Waals surface area contributed by atoms with E-state index >= 15 is 0 Å². The van der Waals surface area contributed by atoms with Crippen molar-refractivity contribution < 1.29 is 24.1 Å². The van der Waals surface area contributed by atoms with Crippen molar-refractivity contribution in [3.05, 3.63) is 23.3 Å². The van der Waals surface area contributed by atoms with E-state index in [4.69, 9.17) is 14.2 Å². The fourth-order valence-electron chi connectivity index (χ4n) is 2.78. The molecule has 0 bridgehead atoms. The van der Waals surface area contributed by atoms with Crippen LogP contribution in [-0.4, -0.2) is 25.0 Å². The van der Waals surface area contributed by atoms with Crippen molar-refractivity contribution in [3.8, 4) is 11.5 Å². The van der Waals surface area contributed by atoms with Crippen LogP contribution < -0.4 is 9.47 Å². The Morgan fingerprint density at radius 3 is 2.79 bits per heavy atom. The van der Waals surface area contributed by atoms with E-state index in [1.165, 1.54) is 0 Å². The van der Waals surface area contributed by atoms with Crippen molar-refractivity contribution in [1.82, 2.24) is 0 Å². The fourth-order valence-corrected chi connectivity index (χ4v) is 2.78. The number of benzene rings is 1. The number of hydrogen-bond donors (Lipinski definition) is 1. The first kappa shape index (κ1) is 12.3. The van der Waals surface area contributed by atoms with Gasteiger partial charge >= 0.3 is 5.97 Å². The van der Waals surface area contributed by atoms with Crippen molar-refractivity contribution >= 4 is 5.97 Å². The number of carbonyl (C=O) groups is 1. The van der Waals surface area contributed by atoms with Crippen molar-refractivity contribution in [3.63, 3.8) is 0 Å². The van der Waals surface area contributed by atoms with Gasteiger partial charge in [-0.15, -0.1) is 0 Å². The van der Waals surface area contributed by atoms with E-state index in [1.807, 2.05) is 12.1 Å². The molecule has 1 aromatic carbocycles. The Morgan fingerprint density at radius 2 is 2.21 bits per heavy atom. The van der Waals surface area contributed by atoms with Gasteiger partial charge in [0.05, 0.1) is 19.1 Å². The SMILES string of the molecule is COc1cc2c(cc1C1(C(=O)O)CCC1)OCOC2. The summed E-state index contributed by atoms with van der Waals surface area (Å²) >= 11 is 0. The van der Waals surface area contributed by atoms with E-state index in [2.05, 4.69) is 0 Å². The van der Waals surface area contributed by atoms with Gasteiger partial charge in [-0.1, -0.05) is 6.42 Å². The Balaban J connectivity index is 2.11. The van der Waals surface area contributed by atoms with E-state index in [0.717, 1.165) is 17.5 Å². The molecule has 0 unspecified atom stereocenters. The standard InChI is InChI=1S/C14H16O5/c1-17-12-5-9-7-18-8-19-11(9)6-10(12)14(13(15)16)3-2-4-14/h5-6H,2-4,7-8H2,1H3,(H,15,16). The molecule has 1 fully saturated rings. The molecule has 0 radical (unpaired) electrons. The van der Waals surface area contributed by atoms with Crippen LogP contribution in [0.1, 0.15) is 30.4 Å². The van der Waals surface area contributed by atoms with Gasteiger partial charge in [0.2, 0.25) is 0 Å². The number of fused-ring (bicyclic) bond motifs is 1. The maximum absolute atomic E-state index is 11.6. The van der Waals surface area contributed by atoms with Crippen LogP contribution >= 0.6 is 0 Å². The van der Waals surface area contributed by atoms with Crippen molar-refractivity contribution in [2.24, 2.45) is 0 Å². The average Bonchev–Trinajstić information content (AvgIpc) is 2.36. The quantitative estimate of drug-likeness (QED) is 0.905. The minimum absolute atomic E-state index is 0.207. The average molecular weight is 264 g/mol. The molecule has 0 atom stereocenters. The van der Waals surface area contributed by atoms with Gasteiger partial charge in [-0.2, -0.15) is 0 Å². The predicted molar refractivity (Wildman–Crippen MR) is 66.4 cm³/mol. The van der Waals surface area contributed by atoms with E-state index in [0.29, 0.717) is 30.9 Å². The Bertz CT molecular complexity index is 519. The summed E-state index contributed by atoms with van der Waals surface area (Å²) in [6.45, 7) is 0.672. The van der Waals surface area contributed by atoms with Gasteiger partial charge in [0.15, 0.2) is 6.79 Å². The van der Waals surface area contributed by atoms with Crippen LogP contribution in [0.5, 0.6) is 11.5 Å². The lowest BCUT2D eigenvalue weighted by molar-refractivity contribution is -0.147. The first-order valence-electron chi connectivity index (χ1n) is 6.33. The second-order valence-corrected chi connectivity index (χ2v) is 5.01. The second-order valence-electron chi connectivity index (χ2n) is 5.01. The highest BCUT2D eigenvalue weighted by Gasteiger charge is 2.48. The summed E-state index contributed by atoms with van der Waals surface area (Å²) in [7, 11) is 1.56. The third-order valence-electron chi connectivity index (χ3n) is 4.07. The molecular weight excluding hydrogens is 248 g/mol. The minimum atomic E-state index is -0.817. The molecule has 5 nitrogen and oxygen atoms in total. The first-order chi connectivity index (χ1) is 9.17. The number of ether oxygens (including phenoxy) is 3. The molecular formula is C14H16O5. The molecule has 0 aromatic heterocycles. The predicted octanol–water partition coefficient (Wildman–Crippen LogP) is 2.07. The summed E-state index contributed by atoms with van der Waals surface area (Å²) in [6, 6.07) is 3.64. The summed E-state index contributed by atoms with van der Waals surface area (Å²) in [4.78, 5) is 11.6. The monoisotopic (exact) mass is 264 g/mol. The highest BCUT2D eigenvalue weighted by molar-refractivity contribution is 5.84. The van der Waals surface area contributed by atoms with Gasteiger partial charge < -0.3 is 19.3 Å². The lowest BCUT2D eigenvalue weighted by atomic mass is 9.64. The zero-order valence-corrected chi connectivity index (χ0v) is 10.8. The number of carboxylic acid groups (broad SMARTS) is 1. The third kappa shape index (κ3) is 1.76. The Labute approximate surface area is 111 Å². The maximum atomic E-state index is 11.6. The van der Waals surface area contributed by atoms with Crippen LogP contribution in [0.15, 0.2) is 12.1 Å². The van der Waals surface area contributed by atoms with Gasteiger partial charge in [-0.05, 0) is 25.0 Å².